The van der Waals surface area contributed by atoms with Crippen LogP contribution in [-0.2, 0) is 13.0 Å². The highest BCUT2D eigenvalue weighted by Gasteiger charge is 2.08. The molecule has 8 heteroatoms. The van der Waals surface area contributed by atoms with E-state index < -0.39 is 0 Å². The Morgan fingerprint density at radius 2 is 2.09 bits per heavy atom. The topological polar surface area (TPSA) is 101 Å². The lowest BCUT2D eigenvalue weighted by atomic mass is 10.1. The molecule has 0 bridgehead atoms. The van der Waals surface area contributed by atoms with Gasteiger partial charge in [-0.15, -0.1) is 0 Å². The molecule has 0 aliphatic heterocycles. The lowest BCUT2D eigenvalue weighted by Gasteiger charge is -2.09. The molecule has 0 fully saturated rings. The number of hydrogen-bond acceptors (Lipinski definition) is 6. The standard InChI is InChI=1S/C15H24N6O2/c1-5-16-15(17-7-6-14-19-11(4)20-23-14)18-9-12-8-13(10(2)3)21-22-12/h8,10H,5-7,9H2,1-4H3,(H2,16,17,18). The van der Waals surface area contributed by atoms with Gasteiger partial charge in [0.05, 0.1) is 5.69 Å². The van der Waals surface area contributed by atoms with E-state index >= 15 is 0 Å². The molecule has 0 saturated heterocycles. The van der Waals surface area contributed by atoms with Gasteiger partial charge in [0.25, 0.3) is 0 Å². The molecule has 0 aliphatic rings. The van der Waals surface area contributed by atoms with Crippen molar-refractivity contribution in [2.45, 2.75) is 46.6 Å². The van der Waals surface area contributed by atoms with Crippen molar-refractivity contribution in [2.24, 2.45) is 4.99 Å². The Kier molecular flexibility index (Phi) is 6.13. The van der Waals surface area contributed by atoms with Crippen molar-refractivity contribution < 1.29 is 9.05 Å². The third-order valence-electron chi connectivity index (χ3n) is 3.11. The van der Waals surface area contributed by atoms with Gasteiger partial charge in [-0.05, 0) is 19.8 Å². The van der Waals surface area contributed by atoms with Crippen molar-refractivity contribution in [3.63, 3.8) is 0 Å². The third kappa shape index (κ3) is 5.39. The van der Waals surface area contributed by atoms with Gasteiger partial charge in [-0.2, -0.15) is 4.98 Å². The van der Waals surface area contributed by atoms with Crippen LogP contribution in [0.3, 0.4) is 0 Å². The minimum Gasteiger partial charge on any atom is -0.359 e. The molecule has 0 amide bonds. The number of nitrogens with zero attached hydrogens (tertiary/aromatic N) is 4. The van der Waals surface area contributed by atoms with Crippen LogP contribution >= 0.6 is 0 Å². The molecular formula is C15H24N6O2. The van der Waals surface area contributed by atoms with E-state index in [1.807, 2.05) is 13.0 Å². The van der Waals surface area contributed by atoms with E-state index in [0.29, 0.717) is 43.1 Å². The van der Waals surface area contributed by atoms with Crippen molar-refractivity contribution in [1.29, 1.82) is 0 Å². The molecule has 0 aliphatic carbocycles. The first-order valence-corrected chi connectivity index (χ1v) is 7.85. The molecule has 0 radical (unpaired) electrons. The van der Waals surface area contributed by atoms with Gasteiger partial charge in [0.2, 0.25) is 5.89 Å². The average molecular weight is 320 g/mol. The molecule has 2 aromatic rings. The maximum absolute atomic E-state index is 5.29. The molecule has 23 heavy (non-hydrogen) atoms. The summed E-state index contributed by atoms with van der Waals surface area (Å²) in [5.41, 5.74) is 0.944. The van der Waals surface area contributed by atoms with Gasteiger partial charge in [0.15, 0.2) is 17.5 Å². The fourth-order valence-corrected chi connectivity index (χ4v) is 1.90. The highest BCUT2D eigenvalue weighted by atomic mass is 16.5. The predicted octanol–water partition coefficient (Wildman–Crippen LogP) is 1.79. The fraction of sp³-hybridized carbons (Fsp3) is 0.600. The van der Waals surface area contributed by atoms with E-state index in [1.165, 1.54) is 0 Å². The number of aryl methyl sites for hydroxylation is 1. The van der Waals surface area contributed by atoms with Crippen molar-refractivity contribution in [1.82, 2.24) is 25.9 Å². The Morgan fingerprint density at radius 3 is 2.70 bits per heavy atom. The van der Waals surface area contributed by atoms with E-state index in [9.17, 15) is 0 Å². The third-order valence-corrected chi connectivity index (χ3v) is 3.11. The van der Waals surface area contributed by atoms with Gasteiger partial charge in [-0.3, -0.25) is 0 Å². The summed E-state index contributed by atoms with van der Waals surface area (Å²) in [5.74, 6) is 3.07. The van der Waals surface area contributed by atoms with E-state index in [1.54, 1.807) is 6.92 Å². The van der Waals surface area contributed by atoms with Crippen LogP contribution in [0.15, 0.2) is 20.1 Å². The van der Waals surface area contributed by atoms with Crippen LogP contribution in [0.5, 0.6) is 0 Å². The van der Waals surface area contributed by atoms with Crippen LogP contribution in [0, 0.1) is 6.92 Å². The Labute approximate surface area is 135 Å². The molecular weight excluding hydrogens is 296 g/mol. The first-order valence-electron chi connectivity index (χ1n) is 7.85. The number of hydrogen-bond donors (Lipinski definition) is 2. The molecule has 0 spiro atoms. The number of rotatable bonds is 7. The number of guanidine groups is 1. The SMILES string of the molecule is CCNC(=NCc1cc(C(C)C)no1)NCCc1nc(C)no1. The van der Waals surface area contributed by atoms with Crippen molar-refractivity contribution >= 4 is 5.96 Å². The van der Waals surface area contributed by atoms with Gasteiger partial charge < -0.3 is 19.7 Å². The molecule has 2 N–H and O–H groups in total. The highest BCUT2D eigenvalue weighted by molar-refractivity contribution is 5.79. The molecule has 2 aromatic heterocycles. The summed E-state index contributed by atoms with van der Waals surface area (Å²) >= 11 is 0. The first kappa shape index (κ1) is 17.0. The summed E-state index contributed by atoms with van der Waals surface area (Å²) in [4.78, 5) is 8.65. The second-order valence-electron chi connectivity index (χ2n) is 5.48. The van der Waals surface area contributed by atoms with Crippen molar-refractivity contribution in [2.75, 3.05) is 13.1 Å². The van der Waals surface area contributed by atoms with Crippen LogP contribution in [-0.4, -0.2) is 34.3 Å². The molecule has 8 nitrogen and oxygen atoms in total. The quantitative estimate of drug-likeness (QED) is 0.592. The number of aliphatic imine (C=N–C) groups is 1. The summed E-state index contributed by atoms with van der Waals surface area (Å²) in [6.07, 6.45) is 0.644. The van der Waals surface area contributed by atoms with Gasteiger partial charge in [-0.1, -0.05) is 24.2 Å². The Bertz CT molecular complexity index is 631. The molecule has 0 unspecified atom stereocenters. The first-order chi connectivity index (χ1) is 11.1. The Morgan fingerprint density at radius 1 is 1.26 bits per heavy atom. The smallest absolute Gasteiger partial charge is 0.228 e. The van der Waals surface area contributed by atoms with Gasteiger partial charge >= 0.3 is 0 Å². The monoisotopic (exact) mass is 320 g/mol. The molecule has 126 valence electrons. The van der Waals surface area contributed by atoms with Crippen LogP contribution in [0.25, 0.3) is 0 Å². The minimum atomic E-state index is 0.348. The fourth-order valence-electron chi connectivity index (χ4n) is 1.90. The normalized spacial score (nSPS) is 12.0. The Balaban J connectivity index is 1.85. The average Bonchev–Trinajstić information content (AvgIpc) is 3.14. The summed E-state index contributed by atoms with van der Waals surface area (Å²) in [6.45, 7) is 9.85. The van der Waals surface area contributed by atoms with E-state index in [4.69, 9.17) is 9.05 Å². The largest absolute Gasteiger partial charge is 0.359 e. The van der Waals surface area contributed by atoms with E-state index in [-0.39, 0.29) is 0 Å². The molecule has 2 heterocycles. The Hall–Kier alpha value is -2.38. The molecule has 0 saturated carbocycles. The lowest BCUT2D eigenvalue weighted by Crippen LogP contribution is -2.38. The lowest BCUT2D eigenvalue weighted by molar-refractivity contribution is 0.374. The summed E-state index contributed by atoms with van der Waals surface area (Å²) in [5, 5.41) is 14.2. The number of aromatic nitrogens is 3. The van der Waals surface area contributed by atoms with Gasteiger partial charge in [0.1, 0.15) is 6.54 Å². The van der Waals surface area contributed by atoms with Gasteiger partial charge in [-0.25, -0.2) is 4.99 Å². The molecule has 2 rings (SSSR count). The highest BCUT2D eigenvalue weighted by Crippen LogP contribution is 2.14. The predicted molar refractivity (Wildman–Crippen MR) is 86.1 cm³/mol. The zero-order valence-electron chi connectivity index (χ0n) is 14.1. The van der Waals surface area contributed by atoms with Gasteiger partial charge in [0, 0.05) is 25.6 Å². The van der Waals surface area contributed by atoms with Crippen LogP contribution < -0.4 is 10.6 Å². The zero-order valence-corrected chi connectivity index (χ0v) is 14.1. The maximum atomic E-state index is 5.29. The summed E-state index contributed by atoms with van der Waals surface area (Å²) in [7, 11) is 0. The second kappa shape index (κ2) is 8.30. The van der Waals surface area contributed by atoms with Crippen LogP contribution in [0.1, 0.15) is 49.9 Å². The second-order valence-corrected chi connectivity index (χ2v) is 5.48. The summed E-state index contributed by atoms with van der Waals surface area (Å²) < 4.78 is 10.4. The molecule has 0 atom stereocenters. The van der Waals surface area contributed by atoms with Crippen molar-refractivity contribution in [3.8, 4) is 0 Å². The van der Waals surface area contributed by atoms with Crippen LogP contribution in [0.2, 0.25) is 0 Å². The number of nitrogens with one attached hydrogen (secondary N) is 2. The van der Waals surface area contributed by atoms with Crippen LogP contribution in [0.4, 0.5) is 0 Å². The zero-order chi connectivity index (χ0) is 16.7. The molecule has 0 aromatic carbocycles. The van der Waals surface area contributed by atoms with E-state index in [0.717, 1.165) is 18.0 Å². The van der Waals surface area contributed by atoms with E-state index in [2.05, 4.69) is 44.8 Å². The summed E-state index contributed by atoms with van der Waals surface area (Å²) in [6, 6.07) is 1.94. The minimum absolute atomic E-state index is 0.348. The maximum Gasteiger partial charge on any atom is 0.228 e. The van der Waals surface area contributed by atoms with Crippen molar-refractivity contribution in [3.05, 3.63) is 29.2 Å².